The fourth-order valence-electron chi connectivity index (χ4n) is 1.69. The Bertz CT molecular complexity index is 553. The van der Waals surface area contributed by atoms with Crippen molar-refractivity contribution in [2.75, 3.05) is 19.8 Å². The normalized spacial score (nSPS) is 13.1. The Kier molecular flexibility index (Phi) is 10.3. The summed E-state index contributed by atoms with van der Waals surface area (Å²) in [6.07, 6.45) is 4.56. The molecule has 0 rings (SSSR count). The van der Waals surface area contributed by atoms with Gasteiger partial charge in [-0.3, -0.25) is 0 Å². The van der Waals surface area contributed by atoms with E-state index in [1.807, 2.05) is 0 Å². The van der Waals surface area contributed by atoms with Crippen molar-refractivity contribution in [3.8, 4) is 0 Å². The Hall–Kier alpha value is -2.97. The fraction of sp³-hybridized carbons (Fsp3) is 0.500. The zero-order chi connectivity index (χ0) is 21.0. The van der Waals surface area contributed by atoms with Gasteiger partial charge in [-0.05, 0) is 27.2 Å². The third kappa shape index (κ3) is 7.85. The molecule has 9 nitrogen and oxygen atoms in total. The van der Waals surface area contributed by atoms with Gasteiger partial charge in [0.05, 0.1) is 5.41 Å². The van der Waals surface area contributed by atoms with Gasteiger partial charge in [0, 0.05) is 0 Å². The Morgan fingerprint density at radius 2 is 0.963 bits per heavy atom. The number of rotatable bonds is 10. The summed E-state index contributed by atoms with van der Waals surface area (Å²) in [4.78, 5) is 35.5. The zero-order valence-corrected chi connectivity index (χ0v) is 16.2. The highest BCUT2D eigenvalue weighted by molar-refractivity contribution is 5.88. The predicted octanol–water partition coefficient (Wildman–Crippen LogP) is 0.600. The molecule has 0 aromatic rings. The van der Waals surface area contributed by atoms with Gasteiger partial charge in [0.2, 0.25) is 0 Å². The number of esters is 3. The van der Waals surface area contributed by atoms with Gasteiger partial charge in [0.25, 0.3) is 0 Å². The first-order chi connectivity index (χ1) is 12.7. The molecule has 0 radical (unpaired) electrons. The summed E-state index contributed by atoms with van der Waals surface area (Å²) in [5.41, 5.74) is 15.4. The lowest BCUT2D eigenvalue weighted by atomic mass is 9.88. The highest BCUT2D eigenvalue weighted by atomic mass is 16.6. The van der Waals surface area contributed by atoms with Crippen LogP contribution in [0.2, 0.25) is 0 Å². The molecule has 27 heavy (non-hydrogen) atoms. The third-order valence-electron chi connectivity index (χ3n) is 3.92. The van der Waals surface area contributed by atoms with Crippen LogP contribution in [0.4, 0.5) is 0 Å². The molecular weight excluding hydrogens is 354 g/mol. The number of allylic oxidation sites excluding steroid dienone is 3. The summed E-state index contributed by atoms with van der Waals surface area (Å²) in [7, 11) is 0. The smallest absolute Gasteiger partial charge is 0.353 e. The first-order valence-corrected chi connectivity index (χ1v) is 8.43. The Morgan fingerprint density at radius 3 is 1.15 bits per heavy atom. The van der Waals surface area contributed by atoms with E-state index in [4.69, 9.17) is 31.4 Å². The minimum Gasteiger partial charge on any atom is -0.460 e. The highest BCUT2D eigenvalue weighted by Gasteiger charge is 2.34. The molecule has 0 aliphatic carbocycles. The molecule has 0 atom stereocenters. The number of hydrogen-bond donors (Lipinski definition) is 3. The lowest BCUT2D eigenvalue weighted by Crippen LogP contribution is -2.40. The van der Waals surface area contributed by atoms with Gasteiger partial charge in [-0.25, -0.2) is 14.4 Å². The first-order valence-electron chi connectivity index (χ1n) is 8.43. The topological polar surface area (TPSA) is 157 Å². The van der Waals surface area contributed by atoms with Crippen LogP contribution in [-0.2, 0) is 28.6 Å². The summed E-state index contributed by atoms with van der Waals surface area (Å²) in [6, 6.07) is 0. The summed E-state index contributed by atoms with van der Waals surface area (Å²) >= 11 is 0. The van der Waals surface area contributed by atoms with Crippen molar-refractivity contribution in [2.45, 2.75) is 34.1 Å². The minimum atomic E-state index is -0.989. The molecule has 0 aliphatic heterocycles. The van der Waals surface area contributed by atoms with Crippen LogP contribution in [0.1, 0.15) is 34.1 Å². The summed E-state index contributed by atoms with van der Waals surface area (Å²) in [5, 5.41) is 0. The van der Waals surface area contributed by atoms with E-state index in [0.717, 1.165) is 0 Å². The largest absolute Gasteiger partial charge is 0.460 e. The molecule has 0 heterocycles. The quantitative estimate of drug-likeness (QED) is 0.279. The van der Waals surface area contributed by atoms with Crippen molar-refractivity contribution >= 4 is 17.9 Å². The molecular formula is C18H29N3O6. The van der Waals surface area contributed by atoms with E-state index in [2.05, 4.69) is 0 Å². The number of carbonyl (C=O) groups is 3. The van der Waals surface area contributed by atoms with Crippen LogP contribution in [-0.4, -0.2) is 37.7 Å². The predicted molar refractivity (Wildman–Crippen MR) is 99.4 cm³/mol. The van der Waals surface area contributed by atoms with E-state index >= 15 is 0 Å². The molecule has 0 spiro atoms. The molecule has 0 saturated carbocycles. The zero-order valence-electron chi connectivity index (χ0n) is 16.2. The van der Waals surface area contributed by atoms with E-state index in [1.165, 1.54) is 18.2 Å². The molecule has 152 valence electrons. The van der Waals surface area contributed by atoms with Gasteiger partial charge in [-0.15, -0.1) is 0 Å². The van der Waals surface area contributed by atoms with E-state index in [9.17, 15) is 14.4 Å². The van der Waals surface area contributed by atoms with Crippen molar-refractivity contribution < 1.29 is 28.6 Å². The lowest BCUT2D eigenvalue weighted by molar-refractivity contribution is -0.157. The van der Waals surface area contributed by atoms with Gasteiger partial charge in [0.1, 0.15) is 36.9 Å². The molecule has 0 unspecified atom stereocenters. The van der Waals surface area contributed by atoms with Gasteiger partial charge >= 0.3 is 17.9 Å². The van der Waals surface area contributed by atoms with E-state index in [-0.39, 0.29) is 36.9 Å². The van der Waals surface area contributed by atoms with Crippen LogP contribution in [0.15, 0.2) is 35.3 Å². The molecule has 0 fully saturated rings. The summed E-state index contributed by atoms with van der Waals surface area (Å²) in [5.74, 6) is -2.18. The Balaban J connectivity index is 5.31. The van der Waals surface area contributed by atoms with E-state index in [0.29, 0.717) is 6.42 Å². The average molecular weight is 383 g/mol. The molecule has 0 bridgehead atoms. The SMILES string of the molecule is C/C=C(\N)C(=O)OCC(CC)(COC(=O)/C(N)=C/C)COC(=O)/C(N)=C/C. The average Bonchev–Trinajstić information content (AvgIpc) is 2.70. The maximum atomic E-state index is 11.8. The summed E-state index contributed by atoms with van der Waals surface area (Å²) < 4.78 is 15.5. The maximum Gasteiger partial charge on any atom is 0.353 e. The second kappa shape index (κ2) is 11.6. The van der Waals surface area contributed by atoms with Crippen molar-refractivity contribution in [1.29, 1.82) is 0 Å². The fourth-order valence-corrected chi connectivity index (χ4v) is 1.69. The number of nitrogens with two attached hydrogens (primary N) is 3. The van der Waals surface area contributed by atoms with Gasteiger partial charge in [-0.2, -0.15) is 0 Å². The molecule has 0 saturated heterocycles. The molecule has 0 aliphatic rings. The van der Waals surface area contributed by atoms with Crippen LogP contribution in [0.5, 0.6) is 0 Å². The van der Waals surface area contributed by atoms with Crippen LogP contribution in [0.3, 0.4) is 0 Å². The van der Waals surface area contributed by atoms with Crippen molar-refractivity contribution in [1.82, 2.24) is 0 Å². The molecule has 9 heteroatoms. The monoisotopic (exact) mass is 383 g/mol. The molecule has 0 aromatic heterocycles. The van der Waals surface area contributed by atoms with Crippen molar-refractivity contribution in [3.63, 3.8) is 0 Å². The van der Waals surface area contributed by atoms with Crippen LogP contribution in [0.25, 0.3) is 0 Å². The van der Waals surface area contributed by atoms with Crippen LogP contribution in [0, 0.1) is 5.41 Å². The standard InChI is InChI=1S/C18H29N3O6/c1-5-12(19)15(22)25-9-18(8-4,10-26-16(23)13(20)6-2)11-27-17(24)14(21)7-3/h5-7H,8-11,19-21H2,1-4H3/b12-5-,13-6-,14-7-. The van der Waals surface area contributed by atoms with Crippen LogP contribution >= 0.6 is 0 Å². The second-order valence-electron chi connectivity index (χ2n) is 5.81. The first kappa shape index (κ1) is 24.0. The molecule has 6 N–H and O–H groups in total. The highest BCUT2D eigenvalue weighted by Crippen LogP contribution is 2.25. The Morgan fingerprint density at radius 1 is 0.704 bits per heavy atom. The van der Waals surface area contributed by atoms with Gasteiger partial charge in [0.15, 0.2) is 0 Å². The minimum absolute atomic E-state index is 0.0645. The number of ether oxygens (including phenoxy) is 3. The van der Waals surface area contributed by atoms with E-state index in [1.54, 1.807) is 27.7 Å². The lowest BCUT2D eigenvalue weighted by Gasteiger charge is -2.31. The number of carbonyl (C=O) groups excluding carboxylic acids is 3. The molecule has 0 aromatic carbocycles. The van der Waals surface area contributed by atoms with Gasteiger partial charge in [-0.1, -0.05) is 25.2 Å². The van der Waals surface area contributed by atoms with E-state index < -0.39 is 23.3 Å². The Labute approximate surface area is 159 Å². The second-order valence-corrected chi connectivity index (χ2v) is 5.81. The van der Waals surface area contributed by atoms with Crippen molar-refractivity contribution in [3.05, 3.63) is 35.3 Å². The van der Waals surface area contributed by atoms with Gasteiger partial charge < -0.3 is 31.4 Å². The molecule has 0 amide bonds. The number of hydrogen-bond acceptors (Lipinski definition) is 9. The maximum absolute atomic E-state index is 11.8. The third-order valence-corrected chi connectivity index (χ3v) is 3.92. The summed E-state index contributed by atoms with van der Waals surface area (Å²) in [6.45, 7) is 5.97. The van der Waals surface area contributed by atoms with Crippen LogP contribution < -0.4 is 17.2 Å². The van der Waals surface area contributed by atoms with Crippen molar-refractivity contribution in [2.24, 2.45) is 22.6 Å².